The molecule has 1 saturated carbocycles. The Morgan fingerprint density at radius 2 is 1.93 bits per heavy atom. The lowest BCUT2D eigenvalue weighted by Gasteiger charge is -2.15. The second kappa shape index (κ2) is 3.24. The summed E-state index contributed by atoms with van der Waals surface area (Å²) < 4.78 is 5.31. The van der Waals surface area contributed by atoms with E-state index in [9.17, 15) is 9.59 Å². The molecule has 5 nitrogen and oxygen atoms in total. The third kappa shape index (κ3) is 1.28. The van der Waals surface area contributed by atoms with E-state index in [4.69, 9.17) is 14.9 Å². The highest BCUT2D eigenvalue weighted by Crippen LogP contribution is 2.44. The minimum absolute atomic E-state index is 0.103. The molecular weight excluding hydrogens is 188 g/mol. The molecule has 0 spiro atoms. The van der Waals surface area contributed by atoms with E-state index in [0.29, 0.717) is 19.4 Å². The first kappa shape index (κ1) is 9.45. The minimum atomic E-state index is -1.02. The molecule has 1 aliphatic carbocycles. The van der Waals surface area contributed by atoms with Crippen LogP contribution in [0.4, 0.5) is 0 Å². The van der Waals surface area contributed by atoms with E-state index in [0.717, 1.165) is 0 Å². The molecular formula is C9H12O5. The molecule has 0 amide bonds. The summed E-state index contributed by atoms with van der Waals surface area (Å²) in [6.45, 7) is 0.561. The second-order valence-electron chi connectivity index (χ2n) is 3.91. The van der Waals surface area contributed by atoms with Crippen LogP contribution in [0.2, 0.25) is 0 Å². The molecule has 0 aromatic rings. The Bertz CT molecular complexity index is 274. The third-order valence-electron chi connectivity index (χ3n) is 3.24. The number of rotatable bonds is 2. The average Bonchev–Trinajstić information content (AvgIpc) is 2.58. The molecule has 2 rings (SSSR count). The Labute approximate surface area is 80.7 Å². The van der Waals surface area contributed by atoms with Crippen molar-refractivity contribution in [3.8, 4) is 0 Å². The molecule has 2 fully saturated rings. The Hall–Kier alpha value is -1.10. The normalized spacial score (nSPS) is 40.9. The molecule has 0 aromatic carbocycles. The highest BCUT2D eigenvalue weighted by atomic mass is 16.5. The molecule has 2 N–H and O–H groups in total. The van der Waals surface area contributed by atoms with Gasteiger partial charge >= 0.3 is 11.9 Å². The second-order valence-corrected chi connectivity index (χ2v) is 3.91. The Kier molecular flexibility index (Phi) is 2.19. The lowest BCUT2D eigenvalue weighted by molar-refractivity contribution is -0.153. The highest BCUT2D eigenvalue weighted by molar-refractivity contribution is 5.81. The number of ether oxygens (including phenoxy) is 1. The van der Waals surface area contributed by atoms with Crippen molar-refractivity contribution in [2.45, 2.75) is 18.9 Å². The number of hydrogen-bond donors (Lipinski definition) is 2. The van der Waals surface area contributed by atoms with Gasteiger partial charge in [-0.3, -0.25) is 9.59 Å². The first-order chi connectivity index (χ1) is 6.61. The summed E-state index contributed by atoms with van der Waals surface area (Å²) in [7, 11) is 0. The first-order valence-electron chi connectivity index (χ1n) is 4.68. The lowest BCUT2D eigenvalue weighted by atomic mass is 9.88. The first-order valence-corrected chi connectivity index (χ1v) is 4.68. The van der Waals surface area contributed by atoms with Crippen LogP contribution in [0, 0.1) is 17.8 Å². The molecule has 1 aliphatic heterocycles. The predicted octanol–water partition coefficient (Wildman–Crippen LogP) is 0.197. The number of fused-ring (bicyclic) bond motifs is 1. The van der Waals surface area contributed by atoms with Gasteiger partial charge in [0.05, 0.1) is 17.9 Å². The van der Waals surface area contributed by atoms with Gasteiger partial charge in [-0.05, 0) is 12.8 Å². The van der Waals surface area contributed by atoms with Gasteiger partial charge in [-0.15, -0.1) is 0 Å². The van der Waals surface area contributed by atoms with Crippen molar-refractivity contribution in [2.24, 2.45) is 17.8 Å². The van der Waals surface area contributed by atoms with Crippen LogP contribution in [-0.2, 0) is 14.3 Å². The van der Waals surface area contributed by atoms with Crippen LogP contribution >= 0.6 is 0 Å². The highest BCUT2D eigenvalue weighted by Gasteiger charge is 2.52. The number of carboxylic acid groups (broad SMARTS) is 2. The van der Waals surface area contributed by atoms with E-state index in [1.54, 1.807) is 0 Å². The smallest absolute Gasteiger partial charge is 0.307 e. The van der Waals surface area contributed by atoms with Crippen molar-refractivity contribution in [3.63, 3.8) is 0 Å². The van der Waals surface area contributed by atoms with Crippen LogP contribution < -0.4 is 0 Å². The molecule has 78 valence electrons. The fourth-order valence-electron chi connectivity index (χ4n) is 2.62. The zero-order valence-corrected chi connectivity index (χ0v) is 7.55. The van der Waals surface area contributed by atoms with Crippen LogP contribution in [0.3, 0.4) is 0 Å². The summed E-state index contributed by atoms with van der Waals surface area (Å²) in [6.07, 6.45) is 0.861. The largest absolute Gasteiger partial charge is 0.481 e. The molecule has 14 heavy (non-hydrogen) atoms. The lowest BCUT2D eigenvalue weighted by Crippen LogP contribution is -2.29. The van der Waals surface area contributed by atoms with Crippen molar-refractivity contribution in [1.29, 1.82) is 0 Å². The van der Waals surface area contributed by atoms with Crippen molar-refractivity contribution in [3.05, 3.63) is 0 Å². The molecule has 1 saturated heterocycles. The van der Waals surface area contributed by atoms with Crippen LogP contribution in [-0.4, -0.2) is 34.9 Å². The van der Waals surface area contributed by atoms with Gasteiger partial charge in [0.1, 0.15) is 0 Å². The van der Waals surface area contributed by atoms with Gasteiger partial charge in [0.25, 0.3) is 0 Å². The van der Waals surface area contributed by atoms with Crippen molar-refractivity contribution in [1.82, 2.24) is 0 Å². The van der Waals surface area contributed by atoms with Gasteiger partial charge in [0, 0.05) is 12.5 Å². The zero-order chi connectivity index (χ0) is 10.3. The summed E-state index contributed by atoms with van der Waals surface area (Å²) >= 11 is 0. The van der Waals surface area contributed by atoms with Gasteiger partial charge in [0.2, 0.25) is 0 Å². The van der Waals surface area contributed by atoms with E-state index in [2.05, 4.69) is 0 Å². The maximum absolute atomic E-state index is 10.9. The molecule has 0 unspecified atom stereocenters. The average molecular weight is 200 g/mol. The molecule has 0 bridgehead atoms. The SMILES string of the molecule is O=C(O)[C@H]1[C@H]2CCO[C@H]2C[C@H]1C(=O)O. The van der Waals surface area contributed by atoms with Crippen LogP contribution in [0.25, 0.3) is 0 Å². The van der Waals surface area contributed by atoms with Gasteiger partial charge in [0.15, 0.2) is 0 Å². The predicted molar refractivity (Wildman–Crippen MR) is 44.7 cm³/mol. The van der Waals surface area contributed by atoms with Gasteiger partial charge in [-0.25, -0.2) is 0 Å². The van der Waals surface area contributed by atoms with E-state index in [1.165, 1.54) is 0 Å². The summed E-state index contributed by atoms with van der Waals surface area (Å²) in [4.78, 5) is 21.8. The van der Waals surface area contributed by atoms with Crippen LogP contribution in [0.1, 0.15) is 12.8 Å². The quantitative estimate of drug-likeness (QED) is 0.665. The summed E-state index contributed by atoms with van der Waals surface area (Å²) in [5.41, 5.74) is 0. The number of hydrogen-bond acceptors (Lipinski definition) is 3. The molecule has 2 aliphatic rings. The fraction of sp³-hybridized carbons (Fsp3) is 0.778. The standard InChI is InChI=1S/C9H12O5/c10-8(11)5-3-6-4(1-2-14-6)7(5)9(12)13/h4-7H,1-3H2,(H,10,11)(H,12,13)/t4-,5+,6-,7-/m0/s1. The Morgan fingerprint density at radius 1 is 1.21 bits per heavy atom. The summed E-state index contributed by atoms with van der Waals surface area (Å²) in [5.74, 6) is -3.66. The number of carbonyl (C=O) groups is 2. The van der Waals surface area contributed by atoms with Gasteiger partial charge in [-0.1, -0.05) is 0 Å². The van der Waals surface area contributed by atoms with Crippen LogP contribution in [0.15, 0.2) is 0 Å². The van der Waals surface area contributed by atoms with E-state index >= 15 is 0 Å². The van der Waals surface area contributed by atoms with Crippen molar-refractivity contribution < 1.29 is 24.5 Å². The van der Waals surface area contributed by atoms with E-state index in [-0.39, 0.29) is 12.0 Å². The number of carboxylic acids is 2. The molecule has 4 atom stereocenters. The maximum Gasteiger partial charge on any atom is 0.307 e. The van der Waals surface area contributed by atoms with Crippen LogP contribution in [0.5, 0.6) is 0 Å². The number of aliphatic carboxylic acids is 2. The molecule has 1 heterocycles. The Morgan fingerprint density at radius 3 is 2.50 bits per heavy atom. The fourth-order valence-corrected chi connectivity index (χ4v) is 2.62. The minimum Gasteiger partial charge on any atom is -0.481 e. The van der Waals surface area contributed by atoms with Gasteiger partial charge in [-0.2, -0.15) is 0 Å². The summed E-state index contributed by atoms with van der Waals surface area (Å²) in [6, 6.07) is 0. The van der Waals surface area contributed by atoms with E-state index in [1.807, 2.05) is 0 Å². The van der Waals surface area contributed by atoms with Crippen molar-refractivity contribution >= 4 is 11.9 Å². The van der Waals surface area contributed by atoms with Crippen molar-refractivity contribution in [2.75, 3.05) is 6.61 Å². The van der Waals surface area contributed by atoms with Gasteiger partial charge < -0.3 is 14.9 Å². The third-order valence-corrected chi connectivity index (χ3v) is 3.24. The molecule has 5 heteroatoms. The summed E-state index contributed by atoms with van der Waals surface area (Å²) in [5, 5.41) is 17.8. The molecule has 0 aromatic heterocycles. The monoisotopic (exact) mass is 200 g/mol. The Balaban J connectivity index is 2.21. The topological polar surface area (TPSA) is 83.8 Å². The maximum atomic E-state index is 10.9. The van der Waals surface area contributed by atoms with E-state index < -0.39 is 23.8 Å². The zero-order valence-electron chi connectivity index (χ0n) is 7.55. The molecule has 0 radical (unpaired) electrons.